The molecule has 0 bridgehead atoms. The zero-order chi connectivity index (χ0) is 16.7. The van der Waals surface area contributed by atoms with Gasteiger partial charge >= 0.3 is 0 Å². The molecule has 2 aromatic carbocycles. The molecule has 0 atom stereocenters. The van der Waals surface area contributed by atoms with Gasteiger partial charge in [0, 0.05) is 17.1 Å². The van der Waals surface area contributed by atoms with Gasteiger partial charge in [0.2, 0.25) is 0 Å². The van der Waals surface area contributed by atoms with Gasteiger partial charge in [0.05, 0.1) is 0 Å². The Morgan fingerprint density at radius 3 is 1.52 bits per heavy atom. The first kappa shape index (κ1) is 18.3. The number of alkyl halides is 2. The molecule has 2 rings (SSSR count). The van der Waals surface area contributed by atoms with Gasteiger partial charge in [-0.3, -0.25) is 0 Å². The minimum Gasteiger partial charge on any atom is -0.508 e. The van der Waals surface area contributed by atoms with Gasteiger partial charge in [0.15, 0.2) is 0 Å². The van der Waals surface area contributed by atoms with Crippen LogP contribution in [-0.4, -0.2) is 20.9 Å². The van der Waals surface area contributed by atoms with Gasteiger partial charge in [-0.25, -0.2) is 0 Å². The Morgan fingerprint density at radius 2 is 1.13 bits per heavy atom. The summed E-state index contributed by atoms with van der Waals surface area (Å²) in [5.74, 6) is 0.579. The minimum absolute atomic E-state index is 0.290. The van der Waals surface area contributed by atoms with Crippen molar-refractivity contribution in [2.45, 2.75) is 32.1 Å². The van der Waals surface area contributed by atoms with Crippen LogP contribution in [0.3, 0.4) is 0 Å². The van der Waals surface area contributed by atoms with Crippen molar-refractivity contribution in [3.8, 4) is 11.5 Å². The van der Waals surface area contributed by atoms with Gasteiger partial charge in [0.25, 0.3) is 0 Å². The molecular weight excluding hydrogens is 420 g/mol. The second-order valence-electron chi connectivity index (χ2n) is 5.69. The normalized spacial score (nSPS) is 10.9. The maximum atomic E-state index is 10.1. The Hall–Kier alpha value is -1.00. The predicted molar refractivity (Wildman–Crippen MR) is 103 cm³/mol. The Balaban J connectivity index is 2.20. The standard InChI is InChI=1S/C19H22Br2O2/c20-9-1-3-14-5-7-18(22)16(11-14)13-17-12-15(4-2-10-21)6-8-19(17)23/h5-8,11-12,22-23H,1-4,9-10,13H2. The van der Waals surface area contributed by atoms with E-state index in [9.17, 15) is 10.2 Å². The van der Waals surface area contributed by atoms with E-state index >= 15 is 0 Å². The van der Waals surface area contributed by atoms with Crippen LogP contribution in [0.1, 0.15) is 35.1 Å². The highest BCUT2D eigenvalue weighted by Crippen LogP contribution is 2.27. The van der Waals surface area contributed by atoms with Gasteiger partial charge in [-0.2, -0.15) is 0 Å². The molecule has 124 valence electrons. The van der Waals surface area contributed by atoms with Crippen LogP contribution in [0.4, 0.5) is 0 Å². The topological polar surface area (TPSA) is 40.5 Å². The molecule has 0 radical (unpaired) electrons. The second kappa shape index (κ2) is 9.33. The lowest BCUT2D eigenvalue weighted by molar-refractivity contribution is 0.462. The van der Waals surface area contributed by atoms with E-state index in [4.69, 9.17) is 0 Å². The van der Waals surface area contributed by atoms with Crippen LogP contribution < -0.4 is 0 Å². The Labute approximate surface area is 154 Å². The molecule has 2 aromatic rings. The number of aromatic hydroxyl groups is 2. The number of aryl methyl sites for hydroxylation is 2. The van der Waals surface area contributed by atoms with E-state index in [1.807, 2.05) is 24.3 Å². The van der Waals surface area contributed by atoms with Crippen molar-refractivity contribution in [2.75, 3.05) is 10.7 Å². The van der Waals surface area contributed by atoms with E-state index in [-0.39, 0.29) is 11.5 Å². The minimum atomic E-state index is 0.290. The van der Waals surface area contributed by atoms with Gasteiger partial charge in [-0.1, -0.05) is 56.1 Å². The molecule has 0 spiro atoms. The molecule has 0 aromatic heterocycles. The van der Waals surface area contributed by atoms with Crippen molar-refractivity contribution in [3.63, 3.8) is 0 Å². The van der Waals surface area contributed by atoms with Crippen molar-refractivity contribution >= 4 is 31.9 Å². The van der Waals surface area contributed by atoms with E-state index < -0.39 is 0 Å². The average Bonchev–Trinajstić information content (AvgIpc) is 2.56. The van der Waals surface area contributed by atoms with Gasteiger partial charge < -0.3 is 10.2 Å². The zero-order valence-corrected chi connectivity index (χ0v) is 16.2. The molecule has 0 saturated heterocycles. The molecule has 23 heavy (non-hydrogen) atoms. The van der Waals surface area contributed by atoms with E-state index in [1.54, 1.807) is 12.1 Å². The van der Waals surface area contributed by atoms with Crippen LogP contribution in [0.15, 0.2) is 36.4 Å². The van der Waals surface area contributed by atoms with Gasteiger partial charge in [-0.15, -0.1) is 0 Å². The molecule has 0 aliphatic heterocycles. The van der Waals surface area contributed by atoms with Crippen LogP contribution >= 0.6 is 31.9 Å². The first-order chi connectivity index (χ1) is 11.1. The third-order valence-electron chi connectivity index (χ3n) is 3.87. The largest absolute Gasteiger partial charge is 0.508 e. The summed E-state index contributed by atoms with van der Waals surface area (Å²) < 4.78 is 0. The van der Waals surface area contributed by atoms with Crippen molar-refractivity contribution < 1.29 is 10.2 Å². The number of phenolic OH excluding ortho intramolecular Hbond substituents is 2. The summed E-state index contributed by atoms with van der Waals surface area (Å²) in [7, 11) is 0. The summed E-state index contributed by atoms with van der Waals surface area (Å²) in [6, 6.07) is 11.5. The van der Waals surface area contributed by atoms with E-state index in [1.165, 1.54) is 11.1 Å². The number of hydrogen-bond donors (Lipinski definition) is 2. The van der Waals surface area contributed by atoms with Crippen molar-refractivity contribution in [3.05, 3.63) is 58.7 Å². The second-order valence-corrected chi connectivity index (χ2v) is 7.27. The third-order valence-corrected chi connectivity index (χ3v) is 4.99. The van der Waals surface area contributed by atoms with Gasteiger partial charge in [-0.05, 0) is 60.1 Å². The van der Waals surface area contributed by atoms with Crippen molar-refractivity contribution in [2.24, 2.45) is 0 Å². The molecule has 0 amide bonds. The summed E-state index contributed by atoms with van der Waals surface area (Å²) in [5.41, 5.74) is 4.16. The fourth-order valence-electron chi connectivity index (χ4n) is 2.62. The van der Waals surface area contributed by atoms with Gasteiger partial charge in [0.1, 0.15) is 11.5 Å². The predicted octanol–water partition coefficient (Wildman–Crippen LogP) is 5.34. The van der Waals surface area contributed by atoms with E-state index in [2.05, 4.69) is 31.9 Å². The van der Waals surface area contributed by atoms with Crippen LogP contribution in [0.25, 0.3) is 0 Å². The maximum Gasteiger partial charge on any atom is 0.119 e. The summed E-state index contributed by atoms with van der Waals surface area (Å²) in [6.45, 7) is 0. The monoisotopic (exact) mass is 440 g/mol. The quantitative estimate of drug-likeness (QED) is 0.542. The lowest BCUT2D eigenvalue weighted by atomic mass is 9.97. The molecule has 2 nitrogen and oxygen atoms in total. The van der Waals surface area contributed by atoms with Crippen LogP contribution in [0, 0.1) is 0 Å². The highest BCUT2D eigenvalue weighted by molar-refractivity contribution is 9.09. The first-order valence-corrected chi connectivity index (χ1v) is 10.1. The summed E-state index contributed by atoms with van der Waals surface area (Å²) in [4.78, 5) is 0. The highest BCUT2D eigenvalue weighted by atomic mass is 79.9. The molecule has 0 aliphatic rings. The fraction of sp³-hybridized carbons (Fsp3) is 0.368. The Bertz CT molecular complexity index is 586. The van der Waals surface area contributed by atoms with Crippen molar-refractivity contribution in [1.29, 1.82) is 0 Å². The van der Waals surface area contributed by atoms with Crippen LogP contribution in [0.5, 0.6) is 11.5 Å². The molecule has 0 aliphatic carbocycles. The van der Waals surface area contributed by atoms with E-state index in [0.29, 0.717) is 6.42 Å². The number of benzene rings is 2. The summed E-state index contributed by atoms with van der Waals surface area (Å²) in [5, 5.41) is 22.2. The smallest absolute Gasteiger partial charge is 0.119 e. The molecule has 2 N–H and O–H groups in total. The highest BCUT2D eigenvalue weighted by Gasteiger charge is 2.09. The summed E-state index contributed by atoms with van der Waals surface area (Å²) >= 11 is 6.89. The number of hydrogen-bond acceptors (Lipinski definition) is 2. The Morgan fingerprint density at radius 1 is 0.696 bits per heavy atom. The molecule has 0 fully saturated rings. The number of rotatable bonds is 8. The number of halogens is 2. The van der Waals surface area contributed by atoms with Crippen LogP contribution in [-0.2, 0) is 19.3 Å². The lowest BCUT2D eigenvalue weighted by Crippen LogP contribution is -1.95. The maximum absolute atomic E-state index is 10.1. The first-order valence-electron chi connectivity index (χ1n) is 7.87. The van der Waals surface area contributed by atoms with Crippen molar-refractivity contribution in [1.82, 2.24) is 0 Å². The molecule has 0 saturated carbocycles. The third kappa shape index (κ3) is 5.54. The number of phenols is 2. The van der Waals surface area contributed by atoms with E-state index in [0.717, 1.165) is 47.5 Å². The molecule has 0 heterocycles. The molecular formula is C19H22Br2O2. The fourth-order valence-corrected chi connectivity index (χ4v) is 3.18. The van der Waals surface area contributed by atoms with Crippen LogP contribution in [0.2, 0.25) is 0 Å². The zero-order valence-electron chi connectivity index (χ0n) is 13.1. The SMILES string of the molecule is Oc1ccc(CCCBr)cc1Cc1cc(CCCBr)ccc1O. The summed E-state index contributed by atoms with van der Waals surface area (Å²) in [6.07, 6.45) is 4.64. The average molecular weight is 442 g/mol. The molecule has 4 heteroatoms. The lowest BCUT2D eigenvalue weighted by Gasteiger charge is -2.11. The Kier molecular flexibility index (Phi) is 7.44. The molecule has 0 unspecified atom stereocenters.